The van der Waals surface area contributed by atoms with Gasteiger partial charge in [0.2, 0.25) is 0 Å². The van der Waals surface area contributed by atoms with Gasteiger partial charge in [-0.15, -0.1) is 0 Å². The van der Waals surface area contributed by atoms with Gasteiger partial charge in [-0.2, -0.15) is 0 Å². The number of esters is 4. The Hall–Kier alpha value is -3.88. The monoisotopic (exact) mass is 728 g/mol. The van der Waals surface area contributed by atoms with Gasteiger partial charge >= 0.3 is 47.6 Å². The Morgan fingerprint density at radius 1 is 0.367 bits per heavy atom. The molecule has 0 aliphatic rings. The lowest BCUT2D eigenvalue weighted by Crippen LogP contribution is -2.46. The molecule has 280 valence electrons. The zero-order chi connectivity index (χ0) is 37.8. The Morgan fingerprint density at radius 2 is 0.551 bits per heavy atom. The third-order valence-electron chi connectivity index (χ3n) is 5.25. The molecule has 0 aliphatic heterocycles. The number of hydrogen-bond acceptors (Lipinski definition) is 12. The summed E-state index contributed by atoms with van der Waals surface area (Å²) in [5.74, 6) is -20.4. The predicted octanol–water partition coefficient (Wildman–Crippen LogP) is 3.50. The fourth-order valence-electron chi connectivity index (χ4n) is 3.03. The van der Waals surface area contributed by atoms with Gasteiger partial charge in [0.05, 0.1) is 31.8 Å². The van der Waals surface area contributed by atoms with Crippen LogP contribution >= 0.6 is 0 Å². The van der Waals surface area contributed by atoms with E-state index in [1.54, 1.807) is 0 Å². The van der Waals surface area contributed by atoms with Crippen LogP contribution in [-0.2, 0) is 57.1 Å². The predicted molar refractivity (Wildman–Crippen MR) is 150 cm³/mol. The molecule has 0 heterocycles. The van der Waals surface area contributed by atoms with Gasteiger partial charge < -0.3 is 37.9 Å². The highest BCUT2D eigenvalue weighted by molar-refractivity contribution is 5.82. The van der Waals surface area contributed by atoms with Crippen molar-refractivity contribution in [2.24, 2.45) is 5.41 Å². The summed E-state index contributed by atoms with van der Waals surface area (Å²) in [7, 11) is 0. The molecule has 0 radical (unpaired) electrons. The van der Waals surface area contributed by atoms with Crippen molar-refractivity contribution in [2.75, 3.05) is 79.3 Å². The zero-order valence-corrected chi connectivity index (χ0v) is 26.0. The lowest BCUT2D eigenvalue weighted by atomic mass is 9.92. The molecule has 12 nitrogen and oxygen atoms in total. The summed E-state index contributed by atoms with van der Waals surface area (Å²) in [5, 5.41) is 0. The Bertz CT molecular complexity index is 957. The Kier molecular flexibility index (Phi) is 19.6. The summed E-state index contributed by atoms with van der Waals surface area (Å²) < 4.78 is 151. The van der Waals surface area contributed by atoms with Gasteiger partial charge in [-0.05, 0) is 0 Å². The third kappa shape index (κ3) is 21.7. The molecule has 0 rings (SSSR count). The molecule has 0 bridgehead atoms. The molecule has 0 saturated heterocycles. The van der Waals surface area contributed by atoms with E-state index < -0.39 is 132 Å². The minimum absolute atomic E-state index is 0.588. The van der Waals surface area contributed by atoms with Crippen molar-refractivity contribution >= 4 is 23.9 Å². The molecule has 0 unspecified atom stereocenters. The van der Waals surface area contributed by atoms with E-state index in [-0.39, 0.29) is 0 Å². The molecular formula is C29H36F8O12. The van der Waals surface area contributed by atoms with Gasteiger partial charge in [-0.25, -0.2) is 54.3 Å². The number of rotatable bonds is 28. The average Bonchev–Trinajstić information content (AvgIpc) is 3.03. The van der Waals surface area contributed by atoms with E-state index in [0.29, 0.717) is 24.3 Å². The van der Waals surface area contributed by atoms with Gasteiger partial charge in [0.25, 0.3) is 0 Å². The average molecular weight is 729 g/mol. The number of alkyl halides is 8. The second-order valence-corrected chi connectivity index (χ2v) is 10.1. The third-order valence-corrected chi connectivity index (χ3v) is 5.25. The highest BCUT2D eigenvalue weighted by Crippen LogP contribution is 2.27. The number of ether oxygens (including phenoxy) is 8. The molecule has 0 aliphatic carbocycles. The normalized spacial score (nSPS) is 12.4. The van der Waals surface area contributed by atoms with Crippen molar-refractivity contribution in [3.63, 3.8) is 0 Å². The summed E-state index contributed by atoms with van der Waals surface area (Å²) in [6.07, 6.45) is 2.35. The highest BCUT2D eigenvalue weighted by atomic mass is 19.3. The second-order valence-electron chi connectivity index (χ2n) is 10.1. The molecule has 0 aromatic heterocycles. The van der Waals surface area contributed by atoms with Crippen LogP contribution in [0.1, 0.15) is 0 Å². The first kappa shape index (κ1) is 45.1. The Labute approximate surface area is 275 Å². The van der Waals surface area contributed by atoms with Crippen LogP contribution in [0.3, 0.4) is 0 Å². The summed E-state index contributed by atoms with van der Waals surface area (Å²) in [4.78, 5) is 44.6. The lowest BCUT2D eigenvalue weighted by molar-refractivity contribution is -0.193. The highest BCUT2D eigenvalue weighted by Gasteiger charge is 2.41. The molecule has 0 aromatic carbocycles. The van der Waals surface area contributed by atoms with E-state index in [9.17, 15) is 54.3 Å². The van der Waals surface area contributed by atoms with Crippen LogP contribution in [0.5, 0.6) is 0 Å². The van der Waals surface area contributed by atoms with Gasteiger partial charge in [-0.3, -0.25) is 0 Å². The molecule has 0 fully saturated rings. The van der Waals surface area contributed by atoms with Crippen LogP contribution in [0.25, 0.3) is 0 Å². The van der Waals surface area contributed by atoms with Crippen LogP contribution < -0.4 is 0 Å². The molecule has 49 heavy (non-hydrogen) atoms. The van der Waals surface area contributed by atoms with Gasteiger partial charge in [0.1, 0.15) is 26.4 Å². The first-order chi connectivity index (χ1) is 22.6. The van der Waals surface area contributed by atoms with Gasteiger partial charge in [-0.1, -0.05) is 26.3 Å². The quantitative estimate of drug-likeness (QED) is 0.0504. The number of carbonyl (C=O) groups is 4. The molecule has 0 saturated carbocycles. The van der Waals surface area contributed by atoms with Crippen LogP contribution in [0, 0.1) is 5.41 Å². The van der Waals surface area contributed by atoms with Crippen molar-refractivity contribution < 1.29 is 92.2 Å². The maximum absolute atomic E-state index is 14.3. The first-order valence-corrected chi connectivity index (χ1v) is 13.6. The topological polar surface area (TPSA) is 142 Å². The number of halogens is 8. The first-order valence-electron chi connectivity index (χ1n) is 13.6. The molecule has 0 amide bonds. The molecule has 0 aromatic rings. The minimum Gasteiger partial charge on any atom is -0.456 e. The number of carbonyl (C=O) groups excluding carboxylic acids is 4. The van der Waals surface area contributed by atoms with Crippen LogP contribution in [0.15, 0.2) is 50.6 Å². The number of hydrogen-bond donors (Lipinski definition) is 0. The maximum Gasteiger partial charge on any atom is 0.330 e. The fourth-order valence-corrected chi connectivity index (χ4v) is 3.03. The van der Waals surface area contributed by atoms with Crippen molar-refractivity contribution in [1.82, 2.24) is 0 Å². The van der Waals surface area contributed by atoms with Crippen molar-refractivity contribution in [1.29, 1.82) is 0 Å². The summed E-state index contributed by atoms with van der Waals surface area (Å²) in [6.45, 7) is -4.48. The summed E-state index contributed by atoms with van der Waals surface area (Å²) in [5.41, 5.74) is -2.19. The van der Waals surface area contributed by atoms with E-state index >= 15 is 0 Å². The lowest BCUT2D eigenvalue weighted by Gasteiger charge is -2.34. The Balaban J connectivity index is 6.11. The fraction of sp³-hybridized carbons (Fsp3) is 0.586. The van der Waals surface area contributed by atoms with E-state index in [0.717, 1.165) is 0 Å². The van der Waals surface area contributed by atoms with Gasteiger partial charge in [0.15, 0.2) is 26.4 Å². The molecule has 0 spiro atoms. The Morgan fingerprint density at radius 3 is 0.714 bits per heavy atom. The van der Waals surface area contributed by atoms with Crippen molar-refractivity contribution in [2.45, 2.75) is 23.7 Å². The van der Waals surface area contributed by atoms with E-state index in [1.807, 2.05) is 0 Å². The van der Waals surface area contributed by atoms with Crippen LogP contribution in [-0.4, -0.2) is 127 Å². The van der Waals surface area contributed by atoms with Crippen LogP contribution in [0.4, 0.5) is 35.1 Å². The van der Waals surface area contributed by atoms with E-state index in [1.165, 1.54) is 0 Å². The smallest absolute Gasteiger partial charge is 0.330 e. The summed E-state index contributed by atoms with van der Waals surface area (Å²) in [6, 6.07) is 0. The SMILES string of the molecule is C=CC(=O)OCC(F)(F)COCC(COCC(F)(F)COC(=O)C=C)(COCC(F)(F)COC(=O)C=C)COCC(F)(F)COC(=O)C=C. The van der Waals surface area contributed by atoms with E-state index in [2.05, 4.69) is 45.3 Å². The summed E-state index contributed by atoms with van der Waals surface area (Å²) >= 11 is 0. The molecular weight excluding hydrogens is 692 g/mol. The van der Waals surface area contributed by atoms with Gasteiger partial charge in [0, 0.05) is 24.3 Å². The standard InChI is InChI=1S/C29H36F8O12/c1-5-21(38)46-17-26(30,31)13-42-9-25(10-43-14-27(32,33)18-47-22(39)6-2,11-44-15-28(34,35)19-48-23(40)7-3)12-45-16-29(36,37)20-49-24(41)8-4/h5-8H,1-4,9-20H2. The molecule has 0 atom stereocenters. The largest absolute Gasteiger partial charge is 0.456 e. The zero-order valence-electron chi connectivity index (χ0n) is 26.0. The maximum atomic E-state index is 14.3. The minimum atomic E-state index is -3.89. The molecule has 20 heteroatoms. The van der Waals surface area contributed by atoms with Crippen LogP contribution in [0.2, 0.25) is 0 Å². The van der Waals surface area contributed by atoms with Crippen molar-refractivity contribution in [3.8, 4) is 0 Å². The van der Waals surface area contributed by atoms with E-state index in [4.69, 9.17) is 18.9 Å². The van der Waals surface area contributed by atoms with Crippen molar-refractivity contribution in [3.05, 3.63) is 50.6 Å². The molecule has 0 N–H and O–H groups in total. The second kappa shape index (κ2) is 21.3.